The lowest BCUT2D eigenvalue weighted by molar-refractivity contribution is 0.412. The normalized spacial score (nSPS) is 9.74. The number of rotatable bonds is 4. The number of ether oxygens (including phenoxy) is 2. The van der Waals surface area contributed by atoms with Crippen LogP contribution in [0.3, 0.4) is 0 Å². The third kappa shape index (κ3) is 3.23. The van der Waals surface area contributed by atoms with Gasteiger partial charge < -0.3 is 9.47 Å². The number of nitriles is 1. The first kappa shape index (κ1) is 12.9. The maximum Gasteiger partial charge on any atom is 0.131 e. The van der Waals surface area contributed by atoms with Crippen LogP contribution in [0.25, 0.3) is 0 Å². The molecule has 19 heavy (non-hydrogen) atoms. The minimum Gasteiger partial charge on any atom is -0.497 e. The molecule has 2 aromatic carbocycles. The van der Waals surface area contributed by atoms with Gasteiger partial charge in [-0.2, -0.15) is 5.26 Å². The minimum atomic E-state index is -0.320. The van der Waals surface area contributed by atoms with Gasteiger partial charge in [0, 0.05) is 5.56 Å². The Labute approximate surface area is 110 Å². The molecular weight excluding hydrogens is 245 g/mol. The van der Waals surface area contributed by atoms with E-state index < -0.39 is 0 Å². The Balaban J connectivity index is 2.28. The van der Waals surface area contributed by atoms with Crippen LogP contribution in [0.1, 0.15) is 5.56 Å². The van der Waals surface area contributed by atoms with Crippen LogP contribution in [0.5, 0.6) is 17.2 Å². The molecule has 0 aliphatic heterocycles. The summed E-state index contributed by atoms with van der Waals surface area (Å²) in [4.78, 5) is 0. The largest absolute Gasteiger partial charge is 0.497 e. The van der Waals surface area contributed by atoms with Crippen molar-refractivity contribution >= 4 is 0 Å². The van der Waals surface area contributed by atoms with E-state index in [-0.39, 0.29) is 12.2 Å². The van der Waals surface area contributed by atoms with Gasteiger partial charge in [-0.3, -0.25) is 0 Å². The predicted octanol–water partition coefficient (Wildman–Crippen LogP) is 3.69. The maximum atomic E-state index is 12.8. The smallest absolute Gasteiger partial charge is 0.131 e. The highest BCUT2D eigenvalue weighted by Gasteiger charge is 2.07. The molecule has 0 spiro atoms. The number of nitrogens with zero attached hydrogens (tertiary/aromatic N) is 1. The average Bonchev–Trinajstić information content (AvgIpc) is 2.43. The molecule has 0 amide bonds. The van der Waals surface area contributed by atoms with Crippen molar-refractivity contribution in [2.75, 3.05) is 7.11 Å². The van der Waals surface area contributed by atoms with Crippen molar-refractivity contribution in [1.29, 1.82) is 5.26 Å². The topological polar surface area (TPSA) is 42.2 Å². The van der Waals surface area contributed by atoms with E-state index in [2.05, 4.69) is 6.07 Å². The molecule has 96 valence electrons. The van der Waals surface area contributed by atoms with Crippen LogP contribution in [0.2, 0.25) is 0 Å². The van der Waals surface area contributed by atoms with E-state index in [1.165, 1.54) is 24.3 Å². The van der Waals surface area contributed by atoms with Crippen LogP contribution in [0.4, 0.5) is 4.39 Å². The number of hydrogen-bond acceptors (Lipinski definition) is 3. The highest BCUT2D eigenvalue weighted by molar-refractivity contribution is 5.44. The summed E-state index contributed by atoms with van der Waals surface area (Å²) >= 11 is 0. The first-order valence-corrected chi connectivity index (χ1v) is 5.70. The maximum absolute atomic E-state index is 12.8. The summed E-state index contributed by atoms with van der Waals surface area (Å²) < 4.78 is 23.6. The molecule has 2 rings (SSSR count). The zero-order valence-corrected chi connectivity index (χ0v) is 10.4. The molecule has 0 saturated heterocycles. The van der Waals surface area contributed by atoms with Gasteiger partial charge in [-0.25, -0.2) is 4.39 Å². The Morgan fingerprint density at radius 2 is 1.79 bits per heavy atom. The summed E-state index contributed by atoms with van der Waals surface area (Å²) in [5.41, 5.74) is 0.728. The first-order chi connectivity index (χ1) is 9.22. The van der Waals surface area contributed by atoms with Gasteiger partial charge >= 0.3 is 0 Å². The lowest BCUT2D eigenvalue weighted by Crippen LogP contribution is -1.93. The molecule has 0 bridgehead atoms. The number of hydrogen-bond donors (Lipinski definition) is 0. The first-order valence-electron chi connectivity index (χ1n) is 5.70. The SMILES string of the molecule is COc1ccc(Oc2ccc(F)cc2)c(CC#N)c1. The van der Waals surface area contributed by atoms with Crippen LogP contribution in [0.15, 0.2) is 42.5 Å². The van der Waals surface area contributed by atoms with Gasteiger partial charge in [0.1, 0.15) is 23.1 Å². The fraction of sp³-hybridized carbons (Fsp3) is 0.133. The van der Waals surface area contributed by atoms with E-state index in [4.69, 9.17) is 14.7 Å². The lowest BCUT2D eigenvalue weighted by atomic mass is 10.1. The molecule has 0 N–H and O–H groups in total. The summed E-state index contributed by atoms with van der Waals surface area (Å²) in [7, 11) is 1.56. The lowest BCUT2D eigenvalue weighted by Gasteiger charge is -2.10. The molecule has 0 saturated carbocycles. The van der Waals surface area contributed by atoms with E-state index in [0.717, 1.165) is 5.56 Å². The zero-order chi connectivity index (χ0) is 13.7. The van der Waals surface area contributed by atoms with Crippen molar-refractivity contribution in [2.24, 2.45) is 0 Å². The van der Waals surface area contributed by atoms with Crippen molar-refractivity contribution in [1.82, 2.24) is 0 Å². The van der Waals surface area contributed by atoms with Gasteiger partial charge in [0.05, 0.1) is 19.6 Å². The van der Waals surface area contributed by atoms with Gasteiger partial charge in [-0.15, -0.1) is 0 Å². The molecule has 0 aliphatic rings. The summed E-state index contributed by atoms with van der Waals surface area (Å²) in [5, 5.41) is 8.81. The van der Waals surface area contributed by atoms with E-state index in [0.29, 0.717) is 17.2 Å². The van der Waals surface area contributed by atoms with Crippen LogP contribution >= 0.6 is 0 Å². The van der Waals surface area contributed by atoms with E-state index in [9.17, 15) is 4.39 Å². The van der Waals surface area contributed by atoms with Gasteiger partial charge in [0.2, 0.25) is 0 Å². The summed E-state index contributed by atoms with van der Waals surface area (Å²) in [5.74, 6) is 1.43. The molecular formula is C15H12FNO2. The second-order valence-electron chi connectivity index (χ2n) is 3.86. The summed E-state index contributed by atoms with van der Waals surface area (Å²) in [6.07, 6.45) is 0.216. The average molecular weight is 257 g/mol. The molecule has 0 fully saturated rings. The van der Waals surface area contributed by atoms with Crippen molar-refractivity contribution < 1.29 is 13.9 Å². The van der Waals surface area contributed by atoms with Gasteiger partial charge in [0.25, 0.3) is 0 Å². The van der Waals surface area contributed by atoms with Crippen molar-refractivity contribution in [2.45, 2.75) is 6.42 Å². The van der Waals surface area contributed by atoms with Gasteiger partial charge in [-0.1, -0.05) is 0 Å². The second kappa shape index (κ2) is 5.87. The number of benzene rings is 2. The van der Waals surface area contributed by atoms with Crippen LogP contribution in [-0.2, 0) is 6.42 Å². The van der Waals surface area contributed by atoms with Crippen LogP contribution in [0, 0.1) is 17.1 Å². The monoisotopic (exact) mass is 257 g/mol. The molecule has 0 atom stereocenters. The molecule has 0 aliphatic carbocycles. The number of halogens is 1. The van der Waals surface area contributed by atoms with Crippen molar-refractivity contribution in [3.8, 4) is 23.3 Å². The third-order valence-corrected chi connectivity index (χ3v) is 2.58. The van der Waals surface area contributed by atoms with Gasteiger partial charge in [0.15, 0.2) is 0 Å². The quantitative estimate of drug-likeness (QED) is 0.838. The molecule has 2 aromatic rings. The van der Waals surface area contributed by atoms with Crippen LogP contribution in [-0.4, -0.2) is 7.11 Å². The van der Waals surface area contributed by atoms with Crippen LogP contribution < -0.4 is 9.47 Å². The molecule has 0 heterocycles. The Morgan fingerprint density at radius 3 is 2.42 bits per heavy atom. The summed E-state index contributed by atoms with van der Waals surface area (Å²) in [6, 6.07) is 13.0. The molecule has 4 heteroatoms. The standard InChI is InChI=1S/C15H12FNO2/c1-18-14-6-7-15(11(10-14)8-9-17)19-13-4-2-12(16)3-5-13/h2-7,10H,8H2,1H3. The third-order valence-electron chi connectivity index (χ3n) is 2.58. The Hall–Kier alpha value is -2.54. The fourth-order valence-electron chi connectivity index (χ4n) is 1.64. The molecule has 0 aromatic heterocycles. The zero-order valence-electron chi connectivity index (χ0n) is 10.4. The second-order valence-corrected chi connectivity index (χ2v) is 3.86. The highest BCUT2D eigenvalue weighted by atomic mass is 19.1. The Morgan fingerprint density at radius 1 is 1.11 bits per heavy atom. The Kier molecular flexibility index (Phi) is 3.99. The van der Waals surface area contributed by atoms with Crippen molar-refractivity contribution in [3.05, 3.63) is 53.8 Å². The van der Waals surface area contributed by atoms with E-state index in [1.54, 1.807) is 25.3 Å². The molecule has 0 radical (unpaired) electrons. The minimum absolute atomic E-state index is 0.216. The van der Waals surface area contributed by atoms with E-state index >= 15 is 0 Å². The number of methoxy groups -OCH3 is 1. The molecule has 3 nitrogen and oxygen atoms in total. The van der Waals surface area contributed by atoms with Crippen molar-refractivity contribution in [3.63, 3.8) is 0 Å². The summed E-state index contributed by atoms with van der Waals surface area (Å²) in [6.45, 7) is 0. The highest BCUT2D eigenvalue weighted by Crippen LogP contribution is 2.29. The van der Waals surface area contributed by atoms with Gasteiger partial charge in [-0.05, 0) is 42.5 Å². The molecule has 0 unspecified atom stereocenters. The van der Waals surface area contributed by atoms with E-state index in [1.807, 2.05) is 0 Å². The Bertz CT molecular complexity index is 603. The predicted molar refractivity (Wildman–Crippen MR) is 68.8 cm³/mol. The fourth-order valence-corrected chi connectivity index (χ4v) is 1.64.